The third-order valence-corrected chi connectivity index (χ3v) is 6.36. The molecule has 0 bridgehead atoms. The van der Waals surface area contributed by atoms with Gasteiger partial charge in [0.1, 0.15) is 16.2 Å². The highest BCUT2D eigenvalue weighted by atomic mass is 32.2. The minimum atomic E-state index is -0.319. The van der Waals surface area contributed by atoms with Crippen molar-refractivity contribution in [1.29, 1.82) is 0 Å². The second kappa shape index (κ2) is 7.55. The van der Waals surface area contributed by atoms with Crippen molar-refractivity contribution in [1.82, 2.24) is 9.97 Å². The van der Waals surface area contributed by atoms with E-state index in [1.165, 1.54) is 29.1 Å². The minimum absolute atomic E-state index is 0.000930. The molecule has 2 aromatic heterocycles. The van der Waals surface area contributed by atoms with Gasteiger partial charge in [0.25, 0.3) is 0 Å². The van der Waals surface area contributed by atoms with Crippen molar-refractivity contribution >= 4 is 50.7 Å². The number of fused-ring (bicyclic) bond motifs is 1. The van der Waals surface area contributed by atoms with Gasteiger partial charge in [-0.25, -0.2) is 9.97 Å². The standard InChI is InChI=1S/C19H19N3O2S2/c1-10-12(3)25-18-16(10)19(21-9-20-18)26-13(4)17(24)22-15-7-5-14(6-8-15)11(2)23/h5-9,13H,1-4H3,(H,22,24)/t13-/m1/s1. The number of ketones is 1. The molecule has 0 fully saturated rings. The van der Waals surface area contributed by atoms with Crippen LogP contribution in [0.3, 0.4) is 0 Å². The molecule has 0 saturated heterocycles. The summed E-state index contributed by atoms with van der Waals surface area (Å²) >= 11 is 3.07. The fraction of sp³-hybridized carbons (Fsp3) is 0.263. The smallest absolute Gasteiger partial charge is 0.237 e. The van der Waals surface area contributed by atoms with Crippen molar-refractivity contribution in [3.05, 3.63) is 46.6 Å². The summed E-state index contributed by atoms with van der Waals surface area (Å²) < 4.78 is 0. The van der Waals surface area contributed by atoms with Crippen molar-refractivity contribution in [2.24, 2.45) is 0 Å². The molecular formula is C19H19N3O2S2. The quantitative estimate of drug-likeness (QED) is 0.394. The van der Waals surface area contributed by atoms with E-state index in [-0.39, 0.29) is 16.9 Å². The Kier molecular flexibility index (Phi) is 5.38. The van der Waals surface area contributed by atoms with Crippen molar-refractivity contribution in [2.45, 2.75) is 38.0 Å². The molecular weight excluding hydrogens is 366 g/mol. The van der Waals surface area contributed by atoms with E-state index in [1.54, 1.807) is 41.9 Å². The van der Waals surface area contributed by atoms with Crippen LogP contribution >= 0.6 is 23.1 Å². The zero-order chi connectivity index (χ0) is 18.8. The molecule has 5 nitrogen and oxygen atoms in total. The molecule has 1 aromatic carbocycles. The monoisotopic (exact) mass is 385 g/mol. The number of carbonyl (C=O) groups is 2. The number of benzene rings is 1. The van der Waals surface area contributed by atoms with Gasteiger partial charge in [0, 0.05) is 21.5 Å². The summed E-state index contributed by atoms with van der Waals surface area (Å²) in [4.78, 5) is 34.7. The highest BCUT2D eigenvalue weighted by molar-refractivity contribution is 8.00. The number of carbonyl (C=O) groups excluding carboxylic acids is 2. The number of thiophene rings is 1. The zero-order valence-electron chi connectivity index (χ0n) is 15.0. The molecule has 0 spiro atoms. The van der Waals surface area contributed by atoms with E-state index in [2.05, 4.69) is 29.1 Å². The summed E-state index contributed by atoms with van der Waals surface area (Å²) in [5.41, 5.74) is 2.46. The summed E-state index contributed by atoms with van der Waals surface area (Å²) in [6, 6.07) is 6.89. The van der Waals surface area contributed by atoms with Gasteiger partial charge in [-0.1, -0.05) is 11.8 Å². The lowest BCUT2D eigenvalue weighted by Gasteiger charge is -2.12. The number of aryl methyl sites for hydroxylation is 2. The number of thioether (sulfide) groups is 1. The molecule has 3 aromatic rings. The maximum atomic E-state index is 12.5. The molecule has 3 rings (SSSR count). The molecule has 0 unspecified atom stereocenters. The Hall–Kier alpha value is -2.25. The van der Waals surface area contributed by atoms with Crippen LogP contribution in [0, 0.1) is 13.8 Å². The van der Waals surface area contributed by atoms with Crippen LogP contribution in [0.25, 0.3) is 10.2 Å². The Labute approximate surface area is 160 Å². The van der Waals surface area contributed by atoms with Gasteiger partial charge in [-0.2, -0.15) is 0 Å². The lowest BCUT2D eigenvalue weighted by atomic mass is 10.1. The average Bonchev–Trinajstić information content (AvgIpc) is 2.90. The molecule has 134 valence electrons. The number of rotatable bonds is 5. The molecule has 2 heterocycles. The van der Waals surface area contributed by atoms with Crippen LogP contribution in [0.2, 0.25) is 0 Å². The van der Waals surface area contributed by atoms with Crippen LogP contribution in [-0.4, -0.2) is 26.9 Å². The number of aromatic nitrogens is 2. The van der Waals surface area contributed by atoms with E-state index >= 15 is 0 Å². The minimum Gasteiger partial charge on any atom is -0.325 e. The second-order valence-corrected chi connectivity index (χ2v) is 8.56. The van der Waals surface area contributed by atoms with Gasteiger partial charge >= 0.3 is 0 Å². The second-order valence-electron chi connectivity index (χ2n) is 6.03. The Morgan fingerprint density at radius 2 is 1.85 bits per heavy atom. The van der Waals surface area contributed by atoms with Crippen molar-refractivity contribution in [3.63, 3.8) is 0 Å². The van der Waals surface area contributed by atoms with Gasteiger partial charge in [-0.05, 0) is 57.5 Å². The molecule has 0 aliphatic heterocycles. The van der Waals surface area contributed by atoms with Crippen molar-refractivity contribution in [3.8, 4) is 0 Å². The predicted octanol–water partition coefficient (Wildman–Crippen LogP) is 4.63. The Morgan fingerprint density at radius 1 is 1.15 bits per heavy atom. The Balaban J connectivity index is 1.74. The third-order valence-electron chi connectivity index (χ3n) is 4.15. The van der Waals surface area contributed by atoms with E-state index < -0.39 is 0 Å². The normalized spacial score (nSPS) is 12.2. The number of hydrogen-bond acceptors (Lipinski definition) is 6. The molecule has 1 atom stereocenters. The molecule has 26 heavy (non-hydrogen) atoms. The number of amides is 1. The van der Waals surface area contributed by atoms with E-state index in [0.717, 1.165) is 15.2 Å². The van der Waals surface area contributed by atoms with Gasteiger partial charge < -0.3 is 5.32 Å². The maximum absolute atomic E-state index is 12.5. The van der Waals surface area contributed by atoms with Gasteiger partial charge in [0.15, 0.2) is 5.78 Å². The fourth-order valence-electron chi connectivity index (χ4n) is 2.49. The summed E-state index contributed by atoms with van der Waals surface area (Å²) in [5, 5.41) is 4.42. The number of Topliss-reactive ketones (excluding diaryl/α,β-unsaturated/α-hetero) is 1. The summed E-state index contributed by atoms with van der Waals surface area (Å²) in [7, 11) is 0. The summed E-state index contributed by atoms with van der Waals surface area (Å²) in [6.07, 6.45) is 1.55. The van der Waals surface area contributed by atoms with Crippen LogP contribution in [0.4, 0.5) is 5.69 Å². The van der Waals surface area contributed by atoms with Crippen LogP contribution in [0.15, 0.2) is 35.6 Å². The van der Waals surface area contributed by atoms with Crippen LogP contribution in [-0.2, 0) is 4.79 Å². The van der Waals surface area contributed by atoms with Crippen molar-refractivity contribution in [2.75, 3.05) is 5.32 Å². The van der Waals surface area contributed by atoms with Gasteiger partial charge in [-0.15, -0.1) is 11.3 Å². The molecule has 0 aliphatic carbocycles. The van der Waals surface area contributed by atoms with Crippen LogP contribution in [0.1, 0.15) is 34.6 Å². The molecule has 0 aliphatic rings. The van der Waals surface area contributed by atoms with Crippen molar-refractivity contribution < 1.29 is 9.59 Å². The topological polar surface area (TPSA) is 72.0 Å². The van der Waals surface area contributed by atoms with Crippen LogP contribution in [0.5, 0.6) is 0 Å². The highest BCUT2D eigenvalue weighted by Crippen LogP contribution is 2.36. The average molecular weight is 386 g/mol. The zero-order valence-corrected chi connectivity index (χ0v) is 16.6. The third kappa shape index (κ3) is 3.78. The first-order valence-electron chi connectivity index (χ1n) is 8.16. The maximum Gasteiger partial charge on any atom is 0.237 e. The largest absolute Gasteiger partial charge is 0.325 e. The van der Waals surface area contributed by atoms with Gasteiger partial charge in [0.05, 0.1) is 5.25 Å². The number of nitrogens with zero attached hydrogens (tertiary/aromatic N) is 2. The van der Waals surface area contributed by atoms with Crippen LogP contribution < -0.4 is 5.32 Å². The molecule has 0 saturated carbocycles. The van der Waals surface area contributed by atoms with Gasteiger partial charge in [0.2, 0.25) is 5.91 Å². The highest BCUT2D eigenvalue weighted by Gasteiger charge is 2.19. The summed E-state index contributed by atoms with van der Waals surface area (Å²) in [6.45, 7) is 7.50. The molecule has 7 heteroatoms. The number of anilines is 1. The van der Waals surface area contributed by atoms with E-state index in [1.807, 2.05) is 6.92 Å². The SMILES string of the molecule is CC(=O)c1ccc(NC(=O)[C@@H](C)Sc2ncnc3sc(C)c(C)c23)cc1. The Bertz CT molecular complexity index is 980. The van der Waals surface area contributed by atoms with E-state index in [9.17, 15) is 9.59 Å². The van der Waals surface area contributed by atoms with Gasteiger partial charge in [-0.3, -0.25) is 9.59 Å². The number of nitrogens with one attached hydrogen (secondary N) is 1. The first-order chi connectivity index (χ1) is 12.4. The summed E-state index contributed by atoms with van der Waals surface area (Å²) in [5.74, 6) is -0.108. The predicted molar refractivity (Wildman–Crippen MR) is 107 cm³/mol. The fourth-order valence-corrected chi connectivity index (χ4v) is 4.53. The number of hydrogen-bond donors (Lipinski definition) is 1. The first kappa shape index (κ1) is 18.5. The lowest BCUT2D eigenvalue weighted by Crippen LogP contribution is -2.22. The Morgan fingerprint density at radius 3 is 2.50 bits per heavy atom. The van der Waals surface area contributed by atoms with E-state index in [4.69, 9.17) is 0 Å². The molecule has 1 N–H and O–H groups in total. The van der Waals surface area contributed by atoms with E-state index in [0.29, 0.717) is 11.3 Å². The molecule has 0 radical (unpaired) electrons. The first-order valence-corrected chi connectivity index (χ1v) is 9.85. The molecule has 1 amide bonds. The lowest BCUT2D eigenvalue weighted by molar-refractivity contribution is -0.115.